The molecule has 0 spiro atoms. The molecule has 1 heterocycles. The van der Waals surface area contributed by atoms with Gasteiger partial charge < -0.3 is 5.32 Å². The Morgan fingerprint density at radius 1 is 1.14 bits per heavy atom. The van der Waals surface area contributed by atoms with Gasteiger partial charge >= 0.3 is 0 Å². The monoisotopic (exact) mass is 310 g/mol. The molecular formula is C15H22N2O3S. The van der Waals surface area contributed by atoms with Crippen molar-refractivity contribution in [1.82, 2.24) is 9.62 Å². The molecule has 1 aliphatic heterocycles. The average molecular weight is 310 g/mol. The second kappa shape index (κ2) is 6.58. The lowest BCUT2D eigenvalue weighted by Gasteiger charge is -2.26. The Morgan fingerprint density at radius 2 is 1.76 bits per heavy atom. The van der Waals surface area contributed by atoms with Gasteiger partial charge in [0.1, 0.15) is 0 Å². The van der Waals surface area contributed by atoms with E-state index in [4.69, 9.17) is 0 Å². The number of hydrogen-bond donors (Lipinski definition) is 1. The zero-order valence-electron chi connectivity index (χ0n) is 12.5. The molecule has 1 saturated heterocycles. The predicted molar refractivity (Wildman–Crippen MR) is 81.7 cm³/mol. The second-order valence-electron chi connectivity index (χ2n) is 5.59. The fourth-order valence-corrected chi connectivity index (χ4v) is 4.17. The fourth-order valence-electron chi connectivity index (χ4n) is 2.46. The molecule has 1 amide bonds. The third-order valence-electron chi connectivity index (χ3n) is 3.48. The predicted octanol–water partition coefficient (Wildman–Crippen LogP) is 2.00. The minimum Gasteiger partial charge on any atom is -0.350 e. The van der Waals surface area contributed by atoms with Crippen LogP contribution in [-0.4, -0.2) is 37.8 Å². The zero-order valence-corrected chi connectivity index (χ0v) is 13.3. The minimum absolute atomic E-state index is 0.0387. The normalized spacial score (nSPS) is 16.9. The van der Waals surface area contributed by atoms with Crippen LogP contribution in [0, 0.1) is 0 Å². The highest BCUT2D eigenvalue weighted by molar-refractivity contribution is 7.89. The molecule has 6 heteroatoms. The van der Waals surface area contributed by atoms with Crippen molar-refractivity contribution < 1.29 is 13.2 Å². The fraction of sp³-hybridized carbons (Fsp3) is 0.533. The number of carbonyl (C=O) groups excluding carboxylic acids is 1. The average Bonchev–Trinajstić information content (AvgIpc) is 2.47. The van der Waals surface area contributed by atoms with Gasteiger partial charge in [-0.25, -0.2) is 8.42 Å². The highest BCUT2D eigenvalue weighted by Gasteiger charge is 2.29. The van der Waals surface area contributed by atoms with E-state index in [1.807, 2.05) is 13.8 Å². The Kier molecular flexibility index (Phi) is 5.00. The first-order valence-electron chi connectivity index (χ1n) is 7.33. The van der Waals surface area contributed by atoms with Gasteiger partial charge in [0, 0.05) is 19.1 Å². The lowest BCUT2D eigenvalue weighted by Crippen LogP contribution is -2.37. The van der Waals surface area contributed by atoms with E-state index in [0.29, 0.717) is 13.1 Å². The van der Waals surface area contributed by atoms with E-state index < -0.39 is 10.0 Å². The number of hydrogen-bond acceptors (Lipinski definition) is 3. The summed E-state index contributed by atoms with van der Waals surface area (Å²) >= 11 is 0. The van der Waals surface area contributed by atoms with E-state index in [2.05, 4.69) is 5.32 Å². The van der Waals surface area contributed by atoms with E-state index in [9.17, 15) is 13.2 Å². The molecule has 0 unspecified atom stereocenters. The number of nitrogens with zero attached hydrogens (tertiary/aromatic N) is 1. The molecule has 2 rings (SSSR count). The molecule has 0 atom stereocenters. The Hall–Kier alpha value is -1.40. The van der Waals surface area contributed by atoms with Crippen LogP contribution in [-0.2, 0) is 10.0 Å². The molecule has 0 radical (unpaired) electrons. The van der Waals surface area contributed by atoms with Crippen molar-refractivity contribution >= 4 is 15.9 Å². The molecule has 0 bridgehead atoms. The molecule has 5 nitrogen and oxygen atoms in total. The Morgan fingerprint density at radius 3 is 2.38 bits per heavy atom. The number of amides is 1. The summed E-state index contributed by atoms with van der Waals surface area (Å²) < 4.78 is 27.0. The maximum atomic E-state index is 12.7. The highest BCUT2D eigenvalue weighted by atomic mass is 32.2. The van der Waals surface area contributed by atoms with Crippen molar-refractivity contribution in [2.24, 2.45) is 0 Å². The van der Waals surface area contributed by atoms with Crippen LogP contribution in [0.15, 0.2) is 29.2 Å². The summed E-state index contributed by atoms with van der Waals surface area (Å²) in [5.74, 6) is -0.346. The molecule has 116 valence electrons. The van der Waals surface area contributed by atoms with Crippen molar-refractivity contribution in [3.05, 3.63) is 29.8 Å². The first-order chi connectivity index (χ1) is 9.93. The van der Waals surface area contributed by atoms with Gasteiger partial charge in [0.05, 0.1) is 10.5 Å². The quantitative estimate of drug-likeness (QED) is 0.925. The Bertz CT molecular complexity index is 605. The summed E-state index contributed by atoms with van der Waals surface area (Å²) in [6.07, 6.45) is 2.81. The van der Waals surface area contributed by atoms with Crippen LogP contribution in [0.25, 0.3) is 0 Å². The molecule has 0 aliphatic carbocycles. The first-order valence-corrected chi connectivity index (χ1v) is 8.77. The molecular weight excluding hydrogens is 288 g/mol. The van der Waals surface area contributed by atoms with Gasteiger partial charge in [0.25, 0.3) is 5.91 Å². The summed E-state index contributed by atoms with van der Waals surface area (Å²) in [5, 5.41) is 2.75. The summed E-state index contributed by atoms with van der Waals surface area (Å²) in [5.41, 5.74) is 0.219. The number of nitrogens with one attached hydrogen (secondary N) is 1. The summed E-state index contributed by atoms with van der Waals surface area (Å²) in [4.78, 5) is 12.3. The highest BCUT2D eigenvalue weighted by Crippen LogP contribution is 2.23. The molecule has 1 aromatic rings. The van der Waals surface area contributed by atoms with E-state index in [1.165, 1.54) is 10.4 Å². The van der Waals surface area contributed by atoms with Gasteiger partial charge in [-0.15, -0.1) is 0 Å². The maximum Gasteiger partial charge on any atom is 0.252 e. The number of carbonyl (C=O) groups is 1. The third-order valence-corrected chi connectivity index (χ3v) is 5.44. The van der Waals surface area contributed by atoms with Crippen LogP contribution < -0.4 is 5.32 Å². The van der Waals surface area contributed by atoms with Crippen molar-refractivity contribution in [2.75, 3.05) is 13.1 Å². The second-order valence-corrected chi connectivity index (χ2v) is 7.50. The number of rotatable bonds is 4. The lowest BCUT2D eigenvalue weighted by molar-refractivity contribution is 0.0939. The molecule has 1 N–H and O–H groups in total. The van der Waals surface area contributed by atoms with E-state index in [0.717, 1.165) is 19.3 Å². The first kappa shape index (κ1) is 16.0. The summed E-state index contributed by atoms with van der Waals surface area (Å²) in [6, 6.07) is 6.38. The molecule has 0 aromatic heterocycles. The smallest absolute Gasteiger partial charge is 0.252 e. The Labute approximate surface area is 126 Å². The molecule has 1 aliphatic rings. The Balaban J connectivity index is 2.37. The van der Waals surface area contributed by atoms with E-state index in [-0.39, 0.29) is 22.4 Å². The van der Waals surface area contributed by atoms with Crippen molar-refractivity contribution in [3.8, 4) is 0 Å². The van der Waals surface area contributed by atoms with Crippen molar-refractivity contribution in [3.63, 3.8) is 0 Å². The van der Waals surface area contributed by atoms with Crippen LogP contribution in [0.1, 0.15) is 43.5 Å². The maximum absolute atomic E-state index is 12.7. The summed E-state index contributed by atoms with van der Waals surface area (Å²) in [7, 11) is -3.60. The van der Waals surface area contributed by atoms with Crippen LogP contribution in [0.2, 0.25) is 0 Å². The summed E-state index contributed by atoms with van der Waals surface area (Å²) in [6.45, 7) is 4.75. The zero-order chi connectivity index (χ0) is 15.5. The van der Waals surface area contributed by atoms with Crippen molar-refractivity contribution in [2.45, 2.75) is 44.0 Å². The third kappa shape index (κ3) is 3.63. The number of benzene rings is 1. The van der Waals surface area contributed by atoms with Crippen molar-refractivity contribution in [1.29, 1.82) is 0 Å². The minimum atomic E-state index is -3.60. The lowest BCUT2D eigenvalue weighted by atomic mass is 10.2. The SMILES string of the molecule is CC(C)NC(=O)c1ccccc1S(=O)(=O)N1CCCCC1. The molecule has 21 heavy (non-hydrogen) atoms. The largest absolute Gasteiger partial charge is 0.350 e. The van der Waals surface area contributed by atoms with Gasteiger partial charge in [-0.3, -0.25) is 4.79 Å². The van der Waals surface area contributed by atoms with E-state index >= 15 is 0 Å². The van der Waals surface area contributed by atoms with Gasteiger partial charge in [-0.05, 0) is 38.8 Å². The standard InChI is InChI=1S/C15H22N2O3S/c1-12(2)16-15(18)13-8-4-5-9-14(13)21(19,20)17-10-6-3-7-11-17/h4-5,8-9,12H,3,6-7,10-11H2,1-2H3,(H,16,18). The van der Waals surface area contributed by atoms with Gasteiger partial charge in [-0.1, -0.05) is 18.6 Å². The van der Waals surface area contributed by atoms with Gasteiger partial charge in [-0.2, -0.15) is 4.31 Å². The van der Waals surface area contributed by atoms with Gasteiger partial charge in [0.2, 0.25) is 10.0 Å². The van der Waals surface area contributed by atoms with Crippen LogP contribution in [0.4, 0.5) is 0 Å². The van der Waals surface area contributed by atoms with Crippen LogP contribution >= 0.6 is 0 Å². The molecule has 1 fully saturated rings. The number of sulfonamides is 1. The van der Waals surface area contributed by atoms with Crippen LogP contribution in [0.5, 0.6) is 0 Å². The van der Waals surface area contributed by atoms with Crippen LogP contribution in [0.3, 0.4) is 0 Å². The molecule has 1 aromatic carbocycles. The number of piperidine rings is 1. The topological polar surface area (TPSA) is 66.5 Å². The molecule has 0 saturated carbocycles. The van der Waals surface area contributed by atoms with E-state index in [1.54, 1.807) is 18.2 Å². The van der Waals surface area contributed by atoms with Gasteiger partial charge in [0.15, 0.2) is 0 Å².